The van der Waals surface area contributed by atoms with Crippen molar-refractivity contribution >= 4 is 65.4 Å². The largest absolute Gasteiger partial charge is 0.307 e. The maximum Gasteiger partial charge on any atom is 0.101 e. The van der Waals surface area contributed by atoms with Gasteiger partial charge in [0.25, 0.3) is 0 Å². The van der Waals surface area contributed by atoms with Crippen molar-refractivity contribution in [2.45, 2.75) is 0 Å². The summed E-state index contributed by atoms with van der Waals surface area (Å²) in [6.07, 6.45) is 0. The minimum atomic E-state index is 0.589. The molecule has 0 radical (unpaired) electrons. The molecule has 5 nitrogen and oxygen atoms in total. The number of aromatic nitrogens is 3. The van der Waals surface area contributed by atoms with Gasteiger partial charge in [0.1, 0.15) is 6.07 Å². The minimum Gasteiger partial charge on any atom is -0.307 e. The van der Waals surface area contributed by atoms with Crippen molar-refractivity contribution in [1.82, 2.24) is 13.7 Å². The van der Waals surface area contributed by atoms with Crippen LogP contribution in [-0.2, 0) is 0 Å². The lowest BCUT2D eigenvalue weighted by molar-refractivity contribution is 1.13. The van der Waals surface area contributed by atoms with Gasteiger partial charge in [0.15, 0.2) is 0 Å². The van der Waals surface area contributed by atoms with E-state index >= 15 is 0 Å². The predicted octanol–water partition coefficient (Wildman–Crippen LogP) is 12.4. The van der Waals surface area contributed by atoms with Crippen LogP contribution < -0.4 is 0 Å². The summed E-state index contributed by atoms with van der Waals surface area (Å²) in [5.74, 6) is 0. The maximum atomic E-state index is 10.7. The van der Waals surface area contributed by atoms with Crippen molar-refractivity contribution in [1.29, 1.82) is 10.5 Å². The Kier molecular flexibility index (Phi) is 6.61. The molecule has 5 heteroatoms. The fourth-order valence-corrected chi connectivity index (χ4v) is 8.88. The lowest BCUT2D eigenvalue weighted by Gasteiger charge is -2.20. The predicted molar refractivity (Wildman–Crippen MR) is 224 cm³/mol. The van der Waals surface area contributed by atoms with E-state index in [9.17, 15) is 10.5 Å². The van der Waals surface area contributed by atoms with E-state index in [1.807, 2.05) is 24.3 Å². The molecule has 3 heterocycles. The fraction of sp³-hybridized carbons (Fsp3) is 0. The topological polar surface area (TPSA) is 62.4 Å². The molecule has 0 saturated heterocycles. The number of nitrogens with zero attached hydrogens (tertiary/aromatic N) is 5. The molecule has 0 unspecified atom stereocenters. The summed E-state index contributed by atoms with van der Waals surface area (Å²) >= 11 is 0. The van der Waals surface area contributed by atoms with E-state index < -0.39 is 0 Å². The highest BCUT2D eigenvalue weighted by Crippen LogP contribution is 2.44. The van der Waals surface area contributed by atoms with E-state index in [1.165, 1.54) is 10.8 Å². The SMILES string of the molecule is N#Cc1ccc2c(c1)c1cccc(-n3c4ccccc4c4ccccc43)c1n2-c1ccccc1-c1cccc(C#N)c1-n1c2ccccc2c2ccccc21. The third-order valence-electron chi connectivity index (χ3n) is 11.1. The molecule has 8 aromatic carbocycles. The molecule has 0 spiro atoms. The molecule has 55 heavy (non-hydrogen) atoms. The molecule has 0 amide bonds. The van der Waals surface area contributed by atoms with Gasteiger partial charge in [-0.15, -0.1) is 0 Å². The molecular weight excluding hydrogens is 671 g/mol. The van der Waals surface area contributed by atoms with Crippen molar-refractivity contribution < 1.29 is 0 Å². The van der Waals surface area contributed by atoms with Crippen LogP contribution in [0.1, 0.15) is 11.1 Å². The monoisotopic (exact) mass is 699 g/mol. The van der Waals surface area contributed by atoms with Crippen molar-refractivity contribution in [3.8, 4) is 40.3 Å². The third-order valence-corrected chi connectivity index (χ3v) is 11.1. The molecule has 0 atom stereocenters. The van der Waals surface area contributed by atoms with Crippen LogP contribution in [0.4, 0.5) is 0 Å². The Morgan fingerprint density at radius 3 is 1.45 bits per heavy atom. The van der Waals surface area contributed by atoms with Crippen LogP contribution in [0, 0.1) is 22.7 Å². The first kappa shape index (κ1) is 30.7. The highest BCUT2D eigenvalue weighted by Gasteiger charge is 2.24. The summed E-state index contributed by atoms with van der Waals surface area (Å²) in [6, 6.07) is 65.9. The van der Waals surface area contributed by atoms with Crippen LogP contribution in [-0.4, -0.2) is 13.7 Å². The summed E-state index contributed by atoms with van der Waals surface area (Å²) in [5.41, 5.74) is 12.3. The first-order valence-corrected chi connectivity index (χ1v) is 18.3. The second-order valence-corrected chi connectivity index (χ2v) is 13.9. The van der Waals surface area contributed by atoms with Gasteiger partial charge in [-0.25, -0.2) is 0 Å². The van der Waals surface area contributed by atoms with E-state index in [0.717, 1.165) is 82.8 Å². The Morgan fingerprint density at radius 1 is 0.345 bits per heavy atom. The first-order chi connectivity index (χ1) is 27.2. The standard InChI is InChI=1S/C50H29N5/c51-30-32-27-28-47-41(29-32)40-20-12-26-48(53-42-21-6-1-14-34(42)35-15-2-7-22-43(35)53)50(40)55(47)46-25-10-5-18-38(46)39-19-11-13-33(31-52)49(39)54-44-23-8-3-16-36(44)37-17-4-9-24-45(37)54/h1-29H. The molecule has 0 fully saturated rings. The van der Waals surface area contributed by atoms with Crippen molar-refractivity contribution in [3.63, 3.8) is 0 Å². The van der Waals surface area contributed by atoms with Gasteiger partial charge in [-0.2, -0.15) is 10.5 Å². The lowest BCUT2D eigenvalue weighted by Crippen LogP contribution is -2.05. The highest BCUT2D eigenvalue weighted by molar-refractivity contribution is 6.16. The van der Waals surface area contributed by atoms with Crippen LogP contribution in [0.25, 0.3) is 93.6 Å². The number of para-hydroxylation sites is 7. The van der Waals surface area contributed by atoms with Gasteiger partial charge < -0.3 is 13.7 Å². The zero-order chi connectivity index (χ0) is 36.6. The second-order valence-electron chi connectivity index (χ2n) is 13.9. The molecule has 11 aromatic rings. The van der Waals surface area contributed by atoms with E-state index in [-0.39, 0.29) is 0 Å². The van der Waals surface area contributed by atoms with Gasteiger partial charge in [-0.1, -0.05) is 115 Å². The van der Waals surface area contributed by atoms with Crippen LogP contribution >= 0.6 is 0 Å². The van der Waals surface area contributed by atoms with Gasteiger partial charge in [-0.3, -0.25) is 0 Å². The van der Waals surface area contributed by atoms with E-state index in [4.69, 9.17) is 0 Å². The summed E-state index contributed by atoms with van der Waals surface area (Å²) in [6.45, 7) is 0. The van der Waals surface area contributed by atoms with Crippen LogP contribution in [0.15, 0.2) is 176 Å². The molecule has 0 saturated carbocycles. The first-order valence-electron chi connectivity index (χ1n) is 18.3. The van der Waals surface area contributed by atoms with Crippen molar-refractivity contribution in [3.05, 3.63) is 187 Å². The van der Waals surface area contributed by atoms with Gasteiger partial charge in [0, 0.05) is 43.4 Å². The molecule has 0 aliphatic carbocycles. The number of nitriles is 2. The Morgan fingerprint density at radius 2 is 0.836 bits per heavy atom. The highest BCUT2D eigenvalue weighted by atomic mass is 15.1. The Labute approximate surface area is 316 Å². The molecule has 0 N–H and O–H groups in total. The van der Waals surface area contributed by atoms with Gasteiger partial charge >= 0.3 is 0 Å². The van der Waals surface area contributed by atoms with Gasteiger partial charge in [-0.05, 0) is 60.7 Å². The smallest absolute Gasteiger partial charge is 0.101 e. The zero-order valence-electron chi connectivity index (χ0n) is 29.5. The Hall–Kier alpha value is -7.86. The van der Waals surface area contributed by atoms with E-state index in [2.05, 4.69) is 177 Å². The van der Waals surface area contributed by atoms with Crippen molar-refractivity contribution in [2.24, 2.45) is 0 Å². The lowest BCUT2D eigenvalue weighted by atomic mass is 9.98. The summed E-state index contributed by atoms with van der Waals surface area (Å²) in [5, 5.41) is 27.5. The molecule has 0 bridgehead atoms. The third kappa shape index (κ3) is 4.33. The van der Waals surface area contributed by atoms with Crippen LogP contribution in [0.3, 0.4) is 0 Å². The normalized spacial score (nSPS) is 11.6. The van der Waals surface area contributed by atoms with Crippen LogP contribution in [0.5, 0.6) is 0 Å². The summed E-state index contributed by atoms with van der Waals surface area (Å²) in [7, 11) is 0. The molecule has 3 aromatic heterocycles. The Bertz CT molecular complexity index is 3360. The Balaban J connectivity index is 1.29. The number of hydrogen-bond donors (Lipinski definition) is 0. The molecule has 0 aliphatic heterocycles. The summed E-state index contributed by atoms with van der Waals surface area (Å²) in [4.78, 5) is 0. The molecule has 254 valence electrons. The number of rotatable bonds is 4. The number of hydrogen-bond acceptors (Lipinski definition) is 2. The van der Waals surface area contributed by atoms with Gasteiger partial charge in [0.05, 0.1) is 67.4 Å². The van der Waals surface area contributed by atoms with Crippen LogP contribution in [0.2, 0.25) is 0 Å². The summed E-state index contributed by atoms with van der Waals surface area (Å²) < 4.78 is 6.98. The quantitative estimate of drug-likeness (QED) is 0.184. The average Bonchev–Trinajstić information content (AvgIpc) is 3.89. The maximum absolute atomic E-state index is 10.7. The zero-order valence-corrected chi connectivity index (χ0v) is 29.5. The molecule has 11 rings (SSSR count). The van der Waals surface area contributed by atoms with Gasteiger partial charge in [0.2, 0.25) is 0 Å². The second kappa shape index (κ2) is 11.8. The average molecular weight is 700 g/mol. The minimum absolute atomic E-state index is 0.589. The number of benzene rings is 8. The molecular formula is C50H29N5. The number of fused-ring (bicyclic) bond motifs is 9. The van der Waals surface area contributed by atoms with E-state index in [1.54, 1.807) is 0 Å². The van der Waals surface area contributed by atoms with E-state index in [0.29, 0.717) is 11.1 Å². The molecule has 0 aliphatic rings. The fourth-order valence-electron chi connectivity index (χ4n) is 8.88. The van der Waals surface area contributed by atoms with Crippen molar-refractivity contribution in [2.75, 3.05) is 0 Å².